The maximum Gasteiger partial charge on any atom is 0.150 e. The molecule has 1 aliphatic rings. The van der Waals surface area contributed by atoms with Gasteiger partial charge in [0.05, 0.1) is 26.4 Å². The Morgan fingerprint density at radius 1 is 0.375 bits per heavy atom. The fourth-order valence-corrected chi connectivity index (χ4v) is 6.59. The summed E-state index contributed by atoms with van der Waals surface area (Å²) in [5, 5.41) is 0. The van der Waals surface area contributed by atoms with Crippen molar-refractivity contribution in [2.75, 3.05) is 26.4 Å². The summed E-state index contributed by atoms with van der Waals surface area (Å²) in [5.74, 6) is 2.48. The molecule has 8 heteroatoms. The van der Waals surface area contributed by atoms with Gasteiger partial charge in [-0.25, -0.2) is 0 Å². The molecule has 0 atom stereocenters. The molecule has 0 heterocycles. The maximum absolute atomic E-state index is 12.3. The van der Waals surface area contributed by atoms with E-state index in [9.17, 15) is 19.2 Å². The summed E-state index contributed by atoms with van der Waals surface area (Å²) in [6, 6.07) is 14.4. The highest BCUT2D eigenvalue weighted by Gasteiger charge is 2.24. The van der Waals surface area contributed by atoms with Crippen LogP contribution in [0.25, 0.3) is 0 Å². The smallest absolute Gasteiger partial charge is 0.150 e. The number of hydrogen-bond donors (Lipinski definition) is 0. The molecule has 0 N–H and O–H groups in total. The van der Waals surface area contributed by atoms with Crippen LogP contribution >= 0.6 is 0 Å². The number of benzene rings is 4. The summed E-state index contributed by atoms with van der Waals surface area (Å²) in [6.07, 6.45) is 4.46. The van der Waals surface area contributed by atoms with Gasteiger partial charge in [-0.2, -0.15) is 0 Å². The Bertz CT molecular complexity index is 1490. The predicted molar refractivity (Wildman–Crippen MR) is 183 cm³/mol. The highest BCUT2D eigenvalue weighted by Crippen LogP contribution is 2.40. The number of ether oxygens (including phenoxy) is 4. The van der Waals surface area contributed by atoms with E-state index in [-0.39, 0.29) is 0 Å². The predicted octanol–water partition coefficient (Wildman–Crippen LogP) is 7.21. The molecule has 248 valence electrons. The van der Waals surface area contributed by atoms with Crippen LogP contribution in [-0.4, -0.2) is 51.6 Å². The Hall–Kier alpha value is -5.24. The van der Waals surface area contributed by atoms with Crippen molar-refractivity contribution in [2.24, 2.45) is 0 Å². The third-order valence-corrected chi connectivity index (χ3v) is 8.28. The Morgan fingerprint density at radius 2 is 0.542 bits per heavy atom. The zero-order chi connectivity index (χ0) is 34.2. The van der Waals surface area contributed by atoms with Crippen molar-refractivity contribution < 1.29 is 38.1 Å². The van der Waals surface area contributed by atoms with E-state index >= 15 is 0 Å². The minimum atomic E-state index is 0.309. The van der Waals surface area contributed by atoms with Gasteiger partial charge in [0.2, 0.25) is 0 Å². The van der Waals surface area contributed by atoms with E-state index in [1.54, 1.807) is 48.5 Å². The Labute approximate surface area is 281 Å². The molecule has 0 saturated heterocycles. The highest BCUT2D eigenvalue weighted by molar-refractivity contribution is 5.80. The van der Waals surface area contributed by atoms with Crippen molar-refractivity contribution in [1.29, 1.82) is 0 Å². The fraction of sp³-hybridized carbons (Fsp3) is 0.300. The molecule has 0 saturated carbocycles. The minimum absolute atomic E-state index is 0.309. The molecule has 0 spiro atoms. The largest absolute Gasteiger partial charge is 0.493 e. The van der Waals surface area contributed by atoms with E-state index in [0.29, 0.717) is 97.4 Å². The molecule has 4 aromatic rings. The van der Waals surface area contributed by atoms with Crippen LogP contribution < -0.4 is 18.9 Å². The second kappa shape index (κ2) is 15.6. The Kier molecular flexibility index (Phi) is 11.1. The van der Waals surface area contributed by atoms with E-state index in [4.69, 9.17) is 18.9 Å². The first-order valence-electron chi connectivity index (χ1n) is 16.3. The summed E-state index contributed by atoms with van der Waals surface area (Å²) >= 11 is 0. The van der Waals surface area contributed by atoms with Gasteiger partial charge in [-0.3, -0.25) is 19.2 Å². The third-order valence-electron chi connectivity index (χ3n) is 8.28. The molecule has 0 aliphatic heterocycles. The molecule has 0 fully saturated rings. The lowest BCUT2D eigenvalue weighted by Gasteiger charge is -2.23. The monoisotopic (exact) mass is 648 g/mol. The van der Waals surface area contributed by atoms with Gasteiger partial charge in [-0.15, -0.1) is 0 Å². The molecule has 8 bridgehead atoms. The van der Waals surface area contributed by atoms with Crippen molar-refractivity contribution in [3.8, 4) is 23.0 Å². The van der Waals surface area contributed by atoms with Crippen LogP contribution in [0.4, 0.5) is 0 Å². The summed E-state index contributed by atoms with van der Waals surface area (Å²) in [4.78, 5) is 49.1. The van der Waals surface area contributed by atoms with Crippen LogP contribution in [0, 0.1) is 0 Å². The lowest BCUT2D eigenvalue weighted by Crippen LogP contribution is -2.11. The van der Waals surface area contributed by atoms with Gasteiger partial charge >= 0.3 is 0 Å². The molecule has 4 aromatic carbocycles. The van der Waals surface area contributed by atoms with Crippen molar-refractivity contribution in [3.05, 3.63) is 115 Å². The van der Waals surface area contributed by atoms with Crippen LogP contribution in [0.2, 0.25) is 0 Å². The third kappa shape index (κ3) is 7.18. The molecule has 0 radical (unpaired) electrons. The second-order valence-corrected chi connectivity index (χ2v) is 11.6. The molecule has 0 amide bonds. The number of carbonyl (C=O) groups is 4. The number of aldehydes is 4. The second-order valence-electron chi connectivity index (χ2n) is 11.6. The van der Waals surface area contributed by atoms with Crippen LogP contribution in [0.5, 0.6) is 23.0 Å². The van der Waals surface area contributed by atoms with Crippen molar-refractivity contribution >= 4 is 25.1 Å². The van der Waals surface area contributed by atoms with Crippen LogP contribution in [0.15, 0.2) is 48.5 Å². The molecule has 0 aromatic heterocycles. The molecular weight excluding hydrogens is 608 g/mol. The first-order chi connectivity index (χ1) is 23.4. The van der Waals surface area contributed by atoms with E-state index in [1.807, 2.05) is 27.7 Å². The molecule has 5 rings (SSSR count). The standard InChI is InChI=1S/C40H40O8/c1-5-45-37-29-9-25(21-41)10-30(37)18-32-12-27(23-43)14-34(39(32)47-7-3)20-36-16-28(24-44)15-35(40(36)48-8-4)19-33-13-26(22-42)11-31(17-29)38(33)46-6-2/h9-16,21-24H,5-8,17-20H2,1-4H3. The van der Waals surface area contributed by atoms with E-state index < -0.39 is 0 Å². The maximum atomic E-state index is 12.3. The van der Waals surface area contributed by atoms with Crippen LogP contribution in [-0.2, 0) is 25.7 Å². The average molecular weight is 649 g/mol. The zero-order valence-corrected chi connectivity index (χ0v) is 27.9. The van der Waals surface area contributed by atoms with E-state index in [2.05, 4.69) is 0 Å². The zero-order valence-electron chi connectivity index (χ0n) is 27.9. The van der Waals surface area contributed by atoms with Gasteiger partial charge in [-0.05, 0) is 121 Å². The molecule has 1 aliphatic carbocycles. The molecule has 8 nitrogen and oxygen atoms in total. The summed E-state index contributed by atoms with van der Waals surface area (Å²) in [7, 11) is 0. The summed E-state index contributed by atoms with van der Waals surface area (Å²) < 4.78 is 25.1. The first kappa shape index (κ1) is 34.1. The fourth-order valence-electron chi connectivity index (χ4n) is 6.59. The average Bonchev–Trinajstić information content (AvgIpc) is 3.09. The lowest BCUT2D eigenvalue weighted by molar-refractivity contribution is 0.111. The van der Waals surface area contributed by atoms with Gasteiger partial charge in [0.1, 0.15) is 48.1 Å². The van der Waals surface area contributed by atoms with Crippen LogP contribution in [0.3, 0.4) is 0 Å². The number of carbonyl (C=O) groups excluding carboxylic acids is 4. The summed E-state index contributed by atoms with van der Waals surface area (Å²) in [6.45, 7) is 9.12. The number of rotatable bonds is 12. The molecule has 0 unspecified atom stereocenters. The normalized spacial score (nSPS) is 12.1. The van der Waals surface area contributed by atoms with Gasteiger partial charge in [-0.1, -0.05) is 0 Å². The van der Waals surface area contributed by atoms with Crippen molar-refractivity contribution in [2.45, 2.75) is 53.4 Å². The Morgan fingerprint density at radius 3 is 0.667 bits per heavy atom. The van der Waals surface area contributed by atoms with Gasteiger partial charge in [0, 0.05) is 47.9 Å². The van der Waals surface area contributed by atoms with Gasteiger partial charge < -0.3 is 18.9 Å². The Balaban J connectivity index is 1.91. The highest BCUT2D eigenvalue weighted by atomic mass is 16.5. The molecule has 48 heavy (non-hydrogen) atoms. The summed E-state index contributed by atoms with van der Waals surface area (Å²) in [5.41, 5.74) is 7.90. The molecular formula is C40H40O8. The topological polar surface area (TPSA) is 105 Å². The van der Waals surface area contributed by atoms with Crippen LogP contribution in [0.1, 0.15) is 114 Å². The van der Waals surface area contributed by atoms with E-state index in [0.717, 1.165) is 69.7 Å². The van der Waals surface area contributed by atoms with Crippen molar-refractivity contribution in [3.63, 3.8) is 0 Å². The van der Waals surface area contributed by atoms with E-state index in [1.165, 1.54) is 0 Å². The van der Waals surface area contributed by atoms with Crippen molar-refractivity contribution in [1.82, 2.24) is 0 Å². The quantitative estimate of drug-likeness (QED) is 0.131. The first-order valence-corrected chi connectivity index (χ1v) is 16.3. The van der Waals surface area contributed by atoms with Gasteiger partial charge in [0.15, 0.2) is 0 Å². The minimum Gasteiger partial charge on any atom is -0.493 e. The lowest BCUT2D eigenvalue weighted by atomic mass is 9.88. The SMILES string of the molecule is CCOc1c2cc(C=O)cc1Cc1cc(C=O)cc(c1OCC)Cc1cc(C=O)cc(c1OCC)Cc1cc(C=O)cc(c1OCC)C2. The number of fused-ring (bicyclic) bond motifs is 8. The van der Waals surface area contributed by atoms with Gasteiger partial charge in [0.25, 0.3) is 0 Å². The number of hydrogen-bond acceptors (Lipinski definition) is 8.